The third-order valence-corrected chi connectivity index (χ3v) is 12.1. The summed E-state index contributed by atoms with van der Waals surface area (Å²) in [4.78, 5) is 16.0. The third kappa shape index (κ3) is 5.85. The monoisotopic (exact) mass is 753 g/mol. The van der Waals surface area contributed by atoms with Gasteiger partial charge in [0.1, 0.15) is 0 Å². The van der Waals surface area contributed by atoms with Crippen molar-refractivity contribution in [2.75, 3.05) is 0 Å². The lowest BCUT2D eigenvalue weighted by Crippen LogP contribution is -2.16. The number of benzene rings is 9. The topological polar surface area (TPSA) is 38.7 Å². The van der Waals surface area contributed by atoms with Gasteiger partial charge in [0.25, 0.3) is 0 Å². The number of fused-ring (bicyclic) bond motifs is 6. The smallest absolute Gasteiger partial charge is 0.165 e. The maximum absolute atomic E-state index is 5.39. The van der Waals surface area contributed by atoms with Gasteiger partial charge in [-0.15, -0.1) is 0 Å². The van der Waals surface area contributed by atoms with Gasteiger partial charge in [-0.1, -0.05) is 214 Å². The van der Waals surface area contributed by atoms with E-state index in [4.69, 9.17) is 15.0 Å². The van der Waals surface area contributed by atoms with Gasteiger partial charge in [-0.25, -0.2) is 15.0 Å². The first-order valence-electron chi connectivity index (χ1n) is 20.3. The summed E-state index contributed by atoms with van der Waals surface area (Å²) in [6, 6.07) is 71.3. The Bertz CT molecular complexity index is 3100. The molecule has 3 heteroatoms. The predicted molar refractivity (Wildman–Crippen MR) is 245 cm³/mol. The minimum atomic E-state index is -0.245. The molecule has 59 heavy (non-hydrogen) atoms. The van der Waals surface area contributed by atoms with E-state index < -0.39 is 0 Å². The quantitative estimate of drug-likeness (QED) is 0.170. The SMILES string of the molecule is CC1(C)c2ccc3ccccc3c2-c2cccc(-c3ccc4ccccc4c3-c3nc(-c4ccc(-c5ccccc5)cc4)nc(-c4ccc(-c5ccccc5)cc4)n3)c21. The highest BCUT2D eigenvalue weighted by Gasteiger charge is 2.39. The molecule has 1 aliphatic rings. The van der Waals surface area contributed by atoms with Gasteiger partial charge < -0.3 is 0 Å². The number of nitrogens with zero attached hydrogens (tertiary/aromatic N) is 3. The van der Waals surface area contributed by atoms with Crippen LogP contribution in [0.25, 0.3) is 100 Å². The Labute approximate surface area is 344 Å². The van der Waals surface area contributed by atoms with E-state index in [0.29, 0.717) is 17.5 Å². The van der Waals surface area contributed by atoms with E-state index in [2.05, 4.69) is 202 Å². The fourth-order valence-electron chi connectivity index (χ4n) is 9.24. The van der Waals surface area contributed by atoms with Gasteiger partial charge in [0, 0.05) is 22.1 Å². The standard InChI is InChI=1S/C56H39N3/c1-56(2)49-35-33-41-19-9-11-20-44(41)50(49)48-23-13-22-47(52(48)56)46-34-32-40-18-10-12-21-45(40)51(46)55-58-53(42-28-24-38(25-29-42)36-14-5-3-6-15-36)57-54(59-55)43-30-26-39(27-31-43)37-16-7-4-8-17-37/h3-35H,1-2H3. The van der Waals surface area contributed by atoms with Crippen LogP contribution < -0.4 is 0 Å². The maximum atomic E-state index is 5.39. The highest BCUT2D eigenvalue weighted by Crippen LogP contribution is 2.55. The molecule has 1 heterocycles. The van der Waals surface area contributed by atoms with Crippen LogP contribution in [-0.2, 0) is 5.41 Å². The molecule has 0 atom stereocenters. The summed E-state index contributed by atoms with van der Waals surface area (Å²) in [5.41, 5.74) is 14.8. The molecular weight excluding hydrogens is 715 g/mol. The zero-order valence-corrected chi connectivity index (χ0v) is 32.9. The van der Waals surface area contributed by atoms with Crippen LogP contribution in [0.4, 0.5) is 0 Å². The molecule has 3 nitrogen and oxygen atoms in total. The van der Waals surface area contributed by atoms with Gasteiger partial charge >= 0.3 is 0 Å². The molecule has 9 aromatic carbocycles. The molecule has 0 aliphatic heterocycles. The van der Waals surface area contributed by atoms with Crippen LogP contribution in [0.5, 0.6) is 0 Å². The van der Waals surface area contributed by atoms with Gasteiger partial charge in [0.05, 0.1) is 0 Å². The Morgan fingerprint density at radius 2 is 0.746 bits per heavy atom. The van der Waals surface area contributed by atoms with Crippen LogP contribution >= 0.6 is 0 Å². The van der Waals surface area contributed by atoms with E-state index in [9.17, 15) is 0 Å². The molecule has 0 N–H and O–H groups in total. The van der Waals surface area contributed by atoms with Gasteiger partial charge in [-0.3, -0.25) is 0 Å². The first-order valence-corrected chi connectivity index (χ1v) is 20.3. The Hall–Kier alpha value is -7.49. The summed E-state index contributed by atoms with van der Waals surface area (Å²) in [6.07, 6.45) is 0. The van der Waals surface area contributed by atoms with Crippen LogP contribution in [0.2, 0.25) is 0 Å². The molecule has 278 valence electrons. The summed E-state index contributed by atoms with van der Waals surface area (Å²) in [6.45, 7) is 4.74. The molecule has 0 radical (unpaired) electrons. The van der Waals surface area contributed by atoms with E-state index >= 15 is 0 Å². The normalized spacial score (nSPS) is 12.7. The fraction of sp³-hybridized carbons (Fsp3) is 0.0536. The molecule has 11 rings (SSSR count). The molecule has 0 saturated heterocycles. The molecule has 1 aromatic heterocycles. The van der Waals surface area contributed by atoms with Gasteiger partial charge in [0.15, 0.2) is 17.5 Å². The second kappa shape index (κ2) is 13.9. The van der Waals surface area contributed by atoms with Crippen molar-refractivity contribution in [1.82, 2.24) is 15.0 Å². The predicted octanol–water partition coefficient (Wildman–Crippen LogP) is 14.5. The number of aromatic nitrogens is 3. The lowest BCUT2D eigenvalue weighted by Gasteiger charge is -2.25. The average molecular weight is 754 g/mol. The zero-order chi connectivity index (χ0) is 39.5. The lowest BCUT2D eigenvalue weighted by atomic mass is 9.77. The molecule has 10 aromatic rings. The maximum Gasteiger partial charge on any atom is 0.165 e. The Morgan fingerprint density at radius 3 is 1.32 bits per heavy atom. The van der Waals surface area contributed by atoms with Crippen LogP contribution in [0, 0.1) is 0 Å². The molecule has 0 fully saturated rings. The first kappa shape index (κ1) is 34.7. The summed E-state index contributed by atoms with van der Waals surface area (Å²) in [7, 11) is 0. The minimum absolute atomic E-state index is 0.245. The highest BCUT2D eigenvalue weighted by molar-refractivity contribution is 6.07. The fourth-order valence-corrected chi connectivity index (χ4v) is 9.24. The summed E-state index contributed by atoms with van der Waals surface area (Å²) in [5.74, 6) is 1.91. The Kier molecular flexibility index (Phi) is 8.16. The highest BCUT2D eigenvalue weighted by atomic mass is 15.0. The lowest BCUT2D eigenvalue weighted by molar-refractivity contribution is 0.662. The minimum Gasteiger partial charge on any atom is -0.208 e. The number of rotatable bonds is 6. The van der Waals surface area contributed by atoms with Crippen molar-refractivity contribution in [3.63, 3.8) is 0 Å². The molecule has 1 aliphatic carbocycles. The summed E-state index contributed by atoms with van der Waals surface area (Å²) < 4.78 is 0. The van der Waals surface area contributed by atoms with Crippen molar-refractivity contribution in [1.29, 1.82) is 0 Å². The van der Waals surface area contributed by atoms with E-state index in [0.717, 1.165) is 44.2 Å². The third-order valence-electron chi connectivity index (χ3n) is 12.1. The van der Waals surface area contributed by atoms with Crippen LogP contribution in [0.15, 0.2) is 200 Å². The Morgan fingerprint density at radius 1 is 0.305 bits per heavy atom. The second-order valence-corrected chi connectivity index (χ2v) is 16.0. The van der Waals surface area contributed by atoms with Crippen molar-refractivity contribution in [2.24, 2.45) is 0 Å². The molecule has 0 amide bonds. The molecule has 0 saturated carbocycles. The van der Waals surface area contributed by atoms with Gasteiger partial charge in [0.2, 0.25) is 0 Å². The molecule has 0 bridgehead atoms. The molecule has 0 unspecified atom stereocenters. The summed E-state index contributed by atoms with van der Waals surface area (Å²) in [5, 5.41) is 4.78. The van der Waals surface area contributed by atoms with E-state index in [-0.39, 0.29) is 5.41 Å². The van der Waals surface area contributed by atoms with E-state index in [1.165, 1.54) is 49.7 Å². The van der Waals surface area contributed by atoms with Crippen molar-refractivity contribution in [2.45, 2.75) is 19.3 Å². The van der Waals surface area contributed by atoms with E-state index in [1.54, 1.807) is 0 Å². The second-order valence-electron chi connectivity index (χ2n) is 16.0. The Balaban J connectivity index is 1.14. The number of hydrogen-bond donors (Lipinski definition) is 0. The van der Waals surface area contributed by atoms with Gasteiger partial charge in [-0.2, -0.15) is 0 Å². The van der Waals surface area contributed by atoms with Crippen molar-refractivity contribution in [3.05, 3.63) is 211 Å². The van der Waals surface area contributed by atoms with Crippen LogP contribution in [0.3, 0.4) is 0 Å². The first-order chi connectivity index (χ1) is 29.0. The number of hydrogen-bond acceptors (Lipinski definition) is 3. The summed E-state index contributed by atoms with van der Waals surface area (Å²) >= 11 is 0. The van der Waals surface area contributed by atoms with E-state index in [1.807, 2.05) is 12.1 Å². The molecular formula is C56H39N3. The van der Waals surface area contributed by atoms with Crippen molar-refractivity contribution < 1.29 is 0 Å². The average Bonchev–Trinajstić information content (AvgIpc) is 3.55. The van der Waals surface area contributed by atoms with Crippen LogP contribution in [0.1, 0.15) is 25.0 Å². The van der Waals surface area contributed by atoms with Crippen molar-refractivity contribution >= 4 is 21.5 Å². The largest absolute Gasteiger partial charge is 0.208 e. The van der Waals surface area contributed by atoms with Crippen LogP contribution in [-0.4, -0.2) is 15.0 Å². The zero-order valence-electron chi connectivity index (χ0n) is 32.9. The van der Waals surface area contributed by atoms with Crippen molar-refractivity contribution in [3.8, 4) is 78.7 Å². The molecule has 0 spiro atoms. The van der Waals surface area contributed by atoms with Gasteiger partial charge in [-0.05, 0) is 77.2 Å².